The number of carbonyl (C=O) groups is 1. The summed E-state index contributed by atoms with van der Waals surface area (Å²) in [6.07, 6.45) is 3.61. The summed E-state index contributed by atoms with van der Waals surface area (Å²) in [7, 11) is 0. The maximum Gasteiger partial charge on any atom is 0.433 e. The summed E-state index contributed by atoms with van der Waals surface area (Å²) in [5.41, 5.74) is -1.39. The minimum atomic E-state index is -4.60. The van der Waals surface area contributed by atoms with Crippen molar-refractivity contribution in [1.82, 2.24) is 14.8 Å². The molecule has 0 saturated carbocycles. The zero-order valence-corrected chi connectivity index (χ0v) is 20.6. The van der Waals surface area contributed by atoms with Crippen LogP contribution in [0, 0.1) is 0 Å². The number of hydrogen-bond acceptors (Lipinski definition) is 5. The molecule has 3 rings (SSSR count). The van der Waals surface area contributed by atoms with Crippen LogP contribution < -0.4 is 0 Å². The first-order valence-electron chi connectivity index (χ1n) is 12.0. The molecule has 0 amide bonds. The molecule has 1 aromatic rings. The molecule has 2 fully saturated rings. The molecule has 34 heavy (non-hydrogen) atoms. The Morgan fingerprint density at radius 3 is 2.50 bits per heavy atom. The molecule has 0 bridgehead atoms. The van der Waals surface area contributed by atoms with Gasteiger partial charge < -0.3 is 4.74 Å². The smallest absolute Gasteiger partial charge is 0.375 e. The van der Waals surface area contributed by atoms with E-state index in [2.05, 4.69) is 33.9 Å². The Bertz CT molecular complexity index is 918. The van der Waals surface area contributed by atoms with E-state index in [0.717, 1.165) is 32.1 Å². The Labute approximate surface area is 200 Å². The van der Waals surface area contributed by atoms with Crippen LogP contribution in [0.1, 0.15) is 63.1 Å². The summed E-state index contributed by atoms with van der Waals surface area (Å²) in [6, 6.07) is 3.57. The van der Waals surface area contributed by atoms with Gasteiger partial charge in [-0.15, -0.1) is 0 Å². The van der Waals surface area contributed by atoms with Crippen LogP contribution in [0.5, 0.6) is 0 Å². The number of carbonyl (C=O) groups excluding carboxylic acids is 1. The van der Waals surface area contributed by atoms with Crippen LogP contribution >= 0.6 is 0 Å². The molecule has 5 nitrogen and oxygen atoms in total. The third kappa shape index (κ3) is 6.15. The molecule has 8 heteroatoms. The van der Waals surface area contributed by atoms with Gasteiger partial charge in [0.15, 0.2) is 0 Å². The molecule has 1 unspecified atom stereocenters. The van der Waals surface area contributed by atoms with Gasteiger partial charge in [-0.05, 0) is 51.3 Å². The normalized spacial score (nSPS) is 25.1. The first-order chi connectivity index (χ1) is 16.0. The molecule has 188 valence electrons. The van der Waals surface area contributed by atoms with Gasteiger partial charge in [-0.2, -0.15) is 13.2 Å². The number of Topliss-reactive ketones (excluding diaryl/α,β-unsaturated/α-hetero) is 1. The summed E-state index contributed by atoms with van der Waals surface area (Å²) in [5, 5.41) is 0. The SMILES string of the molecule is C/C=C\C(=C/CC)CN1CCN(C2(C(=O)c3cccc(C(F)(F)F)n3)CCOC(C)(C)C2)CC1. The molecule has 0 aromatic carbocycles. The van der Waals surface area contributed by atoms with E-state index in [1.807, 2.05) is 26.8 Å². The van der Waals surface area contributed by atoms with Gasteiger partial charge in [-0.25, -0.2) is 4.98 Å². The fraction of sp³-hybridized carbons (Fsp3) is 0.615. The van der Waals surface area contributed by atoms with Gasteiger partial charge in [0.25, 0.3) is 0 Å². The number of hydrogen-bond donors (Lipinski definition) is 0. The van der Waals surface area contributed by atoms with Crippen molar-refractivity contribution in [2.45, 2.75) is 64.3 Å². The lowest BCUT2D eigenvalue weighted by Crippen LogP contribution is -2.65. The van der Waals surface area contributed by atoms with Gasteiger partial charge in [0.05, 0.1) is 11.1 Å². The van der Waals surface area contributed by atoms with Gasteiger partial charge in [0, 0.05) is 45.8 Å². The number of ketones is 1. The number of piperazine rings is 1. The first kappa shape index (κ1) is 26.6. The van der Waals surface area contributed by atoms with Crippen molar-refractivity contribution in [3.63, 3.8) is 0 Å². The van der Waals surface area contributed by atoms with E-state index in [1.54, 1.807) is 0 Å². The Morgan fingerprint density at radius 2 is 1.91 bits per heavy atom. The summed E-state index contributed by atoms with van der Waals surface area (Å²) in [5.74, 6) is -0.344. The van der Waals surface area contributed by atoms with Gasteiger partial charge in [-0.3, -0.25) is 14.6 Å². The van der Waals surface area contributed by atoms with Gasteiger partial charge in [0.2, 0.25) is 5.78 Å². The number of aromatic nitrogens is 1. The number of nitrogens with zero attached hydrogens (tertiary/aromatic N) is 3. The molecular weight excluding hydrogens is 443 g/mol. The number of alkyl halides is 3. The molecule has 2 aliphatic heterocycles. The highest BCUT2D eigenvalue weighted by Gasteiger charge is 2.51. The third-order valence-corrected chi connectivity index (χ3v) is 6.65. The molecule has 1 aromatic heterocycles. The van der Waals surface area contributed by atoms with E-state index in [1.165, 1.54) is 17.7 Å². The van der Waals surface area contributed by atoms with Crippen LogP contribution in [-0.4, -0.2) is 71.0 Å². The molecule has 2 aliphatic rings. The van der Waals surface area contributed by atoms with Crippen LogP contribution in [0.25, 0.3) is 0 Å². The molecular formula is C26H36F3N3O2. The Kier molecular flexibility index (Phi) is 8.37. The number of rotatable bonds is 7. The third-order valence-electron chi connectivity index (χ3n) is 6.65. The van der Waals surface area contributed by atoms with Crippen molar-refractivity contribution in [2.75, 3.05) is 39.3 Å². The van der Waals surface area contributed by atoms with Gasteiger partial charge >= 0.3 is 6.18 Å². The summed E-state index contributed by atoms with van der Waals surface area (Å²) in [6.45, 7) is 12.1. The van der Waals surface area contributed by atoms with Crippen molar-refractivity contribution >= 4 is 5.78 Å². The molecule has 0 spiro atoms. The number of ether oxygens (including phenoxy) is 1. The second-order valence-electron chi connectivity index (χ2n) is 9.75. The molecule has 3 heterocycles. The van der Waals surface area contributed by atoms with E-state index in [9.17, 15) is 18.0 Å². The standard InChI is InChI=1S/C26H36F3N3O2/c1-5-8-20(9-6-2)18-31-13-15-32(16-14-31)25(12-17-34-24(3,4)19-25)23(33)21-10-7-11-22(30-21)26(27,28)29/h5,7-11H,6,12-19H2,1-4H3/b8-5-,20-9+. The minimum Gasteiger partial charge on any atom is -0.375 e. The average molecular weight is 480 g/mol. The zero-order valence-electron chi connectivity index (χ0n) is 20.6. The number of halogens is 3. The zero-order chi connectivity index (χ0) is 25.0. The maximum atomic E-state index is 13.9. The van der Waals surface area contributed by atoms with Crippen LogP contribution in [0.2, 0.25) is 0 Å². The van der Waals surface area contributed by atoms with Crippen molar-refractivity contribution in [1.29, 1.82) is 0 Å². The lowest BCUT2D eigenvalue weighted by molar-refractivity contribution is -0.141. The molecule has 2 saturated heterocycles. The first-order valence-corrected chi connectivity index (χ1v) is 12.0. The van der Waals surface area contributed by atoms with E-state index in [4.69, 9.17) is 4.74 Å². The predicted octanol–water partition coefficient (Wildman–Crippen LogP) is 5.14. The van der Waals surface area contributed by atoms with E-state index >= 15 is 0 Å². The second-order valence-corrected chi connectivity index (χ2v) is 9.75. The predicted molar refractivity (Wildman–Crippen MR) is 127 cm³/mol. The second kappa shape index (κ2) is 10.7. The topological polar surface area (TPSA) is 45.7 Å². The van der Waals surface area contributed by atoms with Crippen molar-refractivity contribution in [2.24, 2.45) is 0 Å². The van der Waals surface area contributed by atoms with Gasteiger partial charge in [0.1, 0.15) is 11.4 Å². The quantitative estimate of drug-likeness (QED) is 0.400. The van der Waals surface area contributed by atoms with Crippen molar-refractivity contribution in [3.8, 4) is 0 Å². The van der Waals surface area contributed by atoms with Crippen molar-refractivity contribution in [3.05, 3.63) is 53.4 Å². The summed E-state index contributed by atoms with van der Waals surface area (Å²) < 4.78 is 45.8. The molecule has 0 aliphatic carbocycles. The Morgan fingerprint density at radius 1 is 1.21 bits per heavy atom. The van der Waals surface area contributed by atoms with Crippen LogP contribution in [0.15, 0.2) is 42.0 Å². The highest BCUT2D eigenvalue weighted by Crippen LogP contribution is 2.40. The Balaban J connectivity index is 1.85. The molecule has 1 atom stereocenters. The lowest BCUT2D eigenvalue weighted by atomic mass is 9.75. The summed E-state index contributed by atoms with van der Waals surface area (Å²) >= 11 is 0. The maximum absolute atomic E-state index is 13.9. The Hall–Kier alpha value is -2.03. The van der Waals surface area contributed by atoms with Crippen molar-refractivity contribution < 1.29 is 22.7 Å². The average Bonchev–Trinajstić information content (AvgIpc) is 2.78. The van der Waals surface area contributed by atoms with Gasteiger partial charge in [-0.1, -0.05) is 31.2 Å². The van der Waals surface area contributed by atoms with E-state index in [0.29, 0.717) is 32.5 Å². The van der Waals surface area contributed by atoms with Crippen LogP contribution in [-0.2, 0) is 10.9 Å². The fourth-order valence-corrected chi connectivity index (χ4v) is 5.16. The fourth-order valence-electron chi connectivity index (χ4n) is 5.16. The highest BCUT2D eigenvalue weighted by atomic mass is 19.4. The number of allylic oxidation sites excluding steroid dienone is 2. The van der Waals surface area contributed by atoms with E-state index in [-0.39, 0.29) is 11.5 Å². The molecule has 0 radical (unpaired) electrons. The largest absolute Gasteiger partial charge is 0.433 e. The van der Waals surface area contributed by atoms with Crippen LogP contribution in [0.4, 0.5) is 13.2 Å². The monoisotopic (exact) mass is 479 g/mol. The van der Waals surface area contributed by atoms with E-state index < -0.39 is 23.0 Å². The lowest BCUT2D eigenvalue weighted by Gasteiger charge is -2.52. The molecule has 0 N–H and O–H groups in total. The van der Waals surface area contributed by atoms with Crippen LogP contribution in [0.3, 0.4) is 0 Å². The number of pyridine rings is 1. The highest BCUT2D eigenvalue weighted by molar-refractivity contribution is 6.02. The minimum absolute atomic E-state index is 0.129. The summed E-state index contributed by atoms with van der Waals surface area (Å²) in [4.78, 5) is 22.1.